The van der Waals surface area contributed by atoms with Crippen LogP contribution in [0.4, 0.5) is 0 Å². The summed E-state index contributed by atoms with van der Waals surface area (Å²) in [6, 6.07) is 7.06. The molecule has 0 aliphatic carbocycles. The van der Waals surface area contributed by atoms with Crippen molar-refractivity contribution in [3.05, 3.63) is 34.3 Å². The zero-order valence-corrected chi connectivity index (χ0v) is 11.2. The van der Waals surface area contributed by atoms with Gasteiger partial charge in [0.2, 0.25) is 0 Å². The van der Waals surface area contributed by atoms with Crippen molar-refractivity contribution in [2.45, 2.75) is 12.2 Å². The molecular formula is C12H14ClNO2S. The Kier molecular flexibility index (Phi) is 6.20. The molecule has 0 radical (unpaired) electrons. The fourth-order valence-corrected chi connectivity index (χ4v) is 2.85. The van der Waals surface area contributed by atoms with Crippen LogP contribution in [0.1, 0.15) is 17.5 Å². The van der Waals surface area contributed by atoms with E-state index in [1.807, 2.05) is 6.07 Å². The van der Waals surface area contributed by atoms with Gasteiger partial charge in [-0.05, 0) is 24.1 Å². The van der Waals surface area contributed by atoms with Gasteiger partial charge in [0.1, 0.15) is 0 Å². The third-order valence-electron chi connectivity index (χ3n) is 2.22. The van der Waals surface area contributed by atoms with Crippen molar-refractivity contribution < 1.29 is 8.95 Å². The highest BCUT2D eigenvalue weighted by atomic mass is 35.5. The van der Waals surface area contributed by atoms with Crippen molar-refractivity contribution in [3.63, 3.8) is 0 Å². The van der Waals surface area contributed by atoms with Crippen molar-refractivity contribution in [2.24, 2.45) is 0 Å². The Bertz CT molecular complexity index is 443. The molecule has 0 fully saturated rings. The van der Waals surface area contributed by atoms with Crippen molar-refractivity contribution >= 4 is 22.4 Å². The summed E-state index contributed by atoms with van der Waals surface area (Å²) in [6.45, 7) is 0.618. The Hall–Kier alpha value is -0.890. The van der Waals surface area contributed by atoms with Gasteiger partial charge in [-0.25, -0.2) is 0 Å². The second kappa shape index (κ2) is 7.44. The van der Waals surface area contributed by atoms with Gasteiger partial charge in [0.15, 0.2) is 0 Å². The second-order valence-electron chi connectivity index (χ2n) is 3.55. The number of methoxy groups -OCH3 is 1. The highest BCUT2D eigenvalue weighted by Gasteiger charge is 2.06. The van der Waals surface area contributed by atoms with Crippen molar-refractivity contribution in [2.75, 3.05) is 19.5 Å². The number of hydrogen-bond donors (Lipinski definition) is 0. The number of benzene rings is 1. The maximum absolute atomic E-state index is 11.7. The molecule has 1 aromatic rings. The number of ether oxygens (including phenoxy) is 1. The van der Waals surface area contributed by atoms with Crippen molar-refractivity contribution in [1.82, 2.24) is 0 Å². The van der Waals surface area contributed by atoms with Gasteiger partial charge in [0, 0.05) is 41.0 Å². The molecule has 0 aromatic heterocycles. The fourth-order valence-electron chi connectivity index (χ4n) is 1.34. The van der Waals surface area contributed by atoms with E-state index in [0.29, 0.717) is 28.7 Å². The number of hydrogen-bond acceptors (Lipinski definition) is 3. The van der Waals surface area contributed by atoms with Crippen molar-refractivity contribution in [1.29, 1.82) is 5.26 Å². The molecule has 0 heterocycles. The maximum Gasteiger partial charge on any atom is 0.0992 e. The summed E-state index contributed by atoms with van der Waals surface area (Å²) in [7, 11) is 0.687. The summed E-state index contributed by atoms with van der Waals surface area (Å²) in [4.78, 5) is 0. The molecule has 3 nitrogen and oxygen atoms in total. The largest absolute Gasteiger partial charge is 0.385 e. The number of rotatable bonds is 6. The molecule has 92 valence electrons. The summed E-state index contributed by atoms with van der Waals surface area (Å²) >= 11 is 6.00. The van der Waals surface area contributed by atoms with Gasteiger partial charge in [-0.3, -0.25) is 4.21 Å². The molecule has 0 saturated carbocycles. The lowest BCUT2D eigenvalue weighted by Crippen LogP contribution is -2.04. The molecule has 0 spiro atoms. The summed E-state index contributed by atoms with van der Waals surface area (Å²) in [5, 5.41) is 9.20. The summed E-state index contributed by atoms with van der Waals surface area (Å²) in [6.07, 6.45) is 0.775. The van der Waals surface area contributed by atoms with E-state index >= 15 is 0 Å². The van der Waals surface area contributed by atoms with Crippen LogP contribution in [0.5, 0.6) is 0 Å². The Morgan fingerprint density at radius 2 is 2.29 bits per heavy atom. The molecular weight excluding hydrogens is 258 g/mol. The zero-order valence-electron chi connectivity index (χ0n) is 9.61. The minimum absolute atomic E-state index is 0.425. The molecule has 0 amide bonds. The average molecular weight is 272 g/mol. The lowest BCUT2D eigenvalue weighted by atomic mass is 10.2. The molecule has 0 N–H and O–H groups in total. The van der Waals surface area contributed by atoms with Gasteiger partial charge < -0.3 is 4.74 Å². The number of nitrogens with zero attached hydrogens (tertiary/aromatic N) is 1. The minimum Gasteiger partial charge on any atom is -0.385 e. The standard InChI is InChI=1S/C12H14ClNO2S/c1-16-5-2-6-17(15)9-11-4-3-10(8-14)7-12(11)13/h3-4,7H,2,5-6,9H2,1H3. The van der Waals surface area contributed by atoms with Crippen molar-refractivity contribution in [3.8, 4) is 6.07 Å². The third-order valence-corrected chi connectivity index (χ3v) is 3.95. The predicted molar refractivity (Wildman–Crippen MR) is 69.4 cm³/mol. The molecule has 1 unspecified atom stereocenters. The van der Waals surface area contributed by atoms with Crippen LogP contribution in [0.2, 0.25) is 5.02 Å². The molecule has 0 saturated heterocycles. The highest BCUT2D eigenvalue weighted by Crippen LogP contribution is 2.19. The average Bonchev–Trinajstić information content (AvgIpc) is 2.32. The smallest absolute Gasteiger partial charge is 0.0992 e. The lowest BCUT2D eigenvalue weighted by molar-refractivity contribution is 0.200. The van der Waals surface area contributed by atoms with Gasteiger partial charge in [-0.15, -0.1) is 0 Å². The lowest BCUT2D eigenvalue weighted by Gasteiger charge is -2.05. The molecule has 17 heavy (non-hydrogen) atoms. The number of nitriles is 1. The van der Waals surface area contributed by atoms with Gasteiger partial charge in [-0.2, -0.15) is 5.26 Å². The van der Waals surface area contributed by atoms with Crippen LogP contribution in [0, 0.1) is 11.3 Å². The van der Waals surface area contributed by atoms with E-state index in [-0.39, 0.29) is 0 Å². The molecule has 0 aliphatic heterocycles. The van der Waals surface area contributed by atoms with E-state index in [0.717, 1.165) is 12.0 Å². The van der Waals surface area contributed by atoms with Crippen LogP contribution < -0.4 is 0 Å². The monoisotopic (exact) mass is 271 g/mol. The van der Waals surface area contributed by atoms with Crippen LogP contribution in [0.25, 0.3) is 0 Å². The topological polar surface area (TPSA) is 50.1 Å². The number of halogens is 1. The summed E-state index contributed by atoms with van der Waals surface area (Å²) in [5.41, 5.74) is 1.34. The van der Waals surface area contributed by atoms with Gasteiger partial charge >= 0.3 is 0 Å². The van der Waals surface area contributed by atoms with Gasteiger partial charge in [0.25, 0.3) is 0 Å². The normalized spacial score (nSPS) is 12.1. The highest BCUT2D eigenvalue weighted by molar-refractivity contribution is 7.84. The first-order valence-electron chi connectivity index (χ1n) is 5.20. The molecule has 5 heteroatoms. The minimum atomic E-state index is -0.939. The zero-order chi connectivity index (χ0) is 12.7. The predicted octanol–water partition coefficient (Wildman–Crippen LogP) is 2.50. The maximum atomic E-state index is 11.7. The second-order valence-corrected chi connectivity index (χ2v) is 5.54. The first-order chi connectivity index (χ1) is 8.17. The molecule has 1 aromatic carbocycles. The van der Waals surface area contributed by atoms with E-state index in [1.54, 1.807) is 25.3 Å². The molecule has 1 rings (SSSR count). The Morgan fingerprint density at radius 3 is 2.88 bits per heavy atom. The first kappa shape index (κ1) is 14.2. The van der Waals surface area contributed by atoms with E-state index in [2.05, 4.69) is 0 Å². The third kappa shape index (κ3) is 4.86. The molecule has 1 atom stereocenters. The van der Waals surface area contributed by atoms with Crippen LogP contribution in [0.15, 0.2) is 18.2 Å². The summed E-state index contributed by atoms with van der Waals surface area (Å²) in [5.74, 6) is 1.03. The van der Waals surface area contributed by atoms with Crippen LogP contribution in [0.3, 0.4) is 0 Å². The van der Waals surface area contributed by atoms with Gasteiger partial charge in [0.05, 0.1) is 11.6 Å². The van der Waals surface area contributed by atoms with E-state index < -0.39 is 10.8 Å². The Morgan fingerprint density at radius 1 is 1.53 bits per heavy atom. The molecule has 0 aliphatic rings. The molecule has 0 bridgehead atoms. The van der Waals surface area contributed by atoms with E-state index in [4.69, 9.17) is 21.6 Å². The Balaban J connectivity index is 2.57. The quantitative estimate of drug-likeness (QED) is 0.747. The SMILES string of the molecule is COCCCS(=O)Cc1ccc(C#N)cc1Cl. The summed E-state index contributed by atoms with van der Waals surface area (Å²) < 4.78 is 16.6. The van der Waals surface area contributed by atoms with E-state index in [1.165, 1.54) is 0 Å². The van der Waals surface area contributed by atoms with E-state index in [9.17, 15) is 4.21 Å². The van der Waals surface area contributed by atoms with Crippen LogP contribution >= 0.6 is 11.6 Å². The van der Waals surface area contributed by atoms with Crippen LogP contribution in [-0.2, 0) is 21.3 Å². The fraction of sp³-hybridized carbons (Fsp3) is 0.417. The Labute approximate surface area is 109 Å². The van der Waals surface area contributed by atoms with Gasteiger partial charge in [-0.1, -0.05) is 17.7 Å². The van der Waals surface area contributed by atoms with Crippen LogP contribution in [-0.4, -0.2) is 23.7 Å². The first-order valence-corrected chi connectivity index (χ1v) is 7.06.